The van der Waals surface area contributed by atoms with Crippen LogP contribution in [-0.2, 0) is 7.05 Å². The Balaban J connectivity index is 2.72. The molecule has 0 bridgehead atoms. The van der Waals surface area contributed by atoms with Gasteiger partial charge in [-0.2, -0.15) is 18.3 Å². The van der Waals surface area contributed by atoms with Gasteiger partial charge in [-0.3, -0.25) is 4.68 Å². The quantitative estimate of drug-likeness (QED) is 0.816. The van der Waals surface area contributed by atoms with E-state index in [1.807, 2.05) is 0 Å². The third-order valence-electron chi connectivity index (χ3n) is 1.91. The summed E-state index contributed by atoms with van der Waals surface area (Å²) in [6.07, 6.45) is -2.03. The highest BCUT2D eigenvalue weighted by atomic mass is 19.4. The van der Waals surface area contributed by atoms with Crippen LogP contribution in [0.3, 0.4) is 0 Å². The molecule has 14 heavy (non-hydrogen) atoms. The fourth-order valence-electron chi connectivity index (χ4n) is 1.24. The van der Waals surface area contributed by atoms with Crippen molar-refractivity contribution in [2.24, 2.45) is 7.05 Å². The van der Waals surface area contributed by atoms with Crippen LogP contribution in [0, 0.1) is 0 Å². The Bertz CT molecular complexity index is 292. The summed E-state index contributed by atoms with van der Waals surface area (Å²) in [5.41, 5.74) is 0.548. The molecule has 3 nitrogen and oxygen atoms in total. The Labute approximate surface area is 79.9 Å². The van der Waals surface area contributed by atoms with Crippen LogP contribution < -0.4 is 5.32 Å². The lowest BCUT2D eigenvalue weighted by molar-refractivity contribution is -0.140. The van der Waals surface area contributed by atoms with Crippen molar-refractivity contribution in [3.63, 3.8) is 0 Å². The lowest BCUT2D eigenvalue weighted by Gasteiger charge is -2.16. The van der Waals surface area contributed by atoms with Crippen LogP contribution in [0.1, 0.15) is 18.0 Å². The Morgan fingerprint density at radius 1 is 1.57 bits per heavy atom. The maximum Gasteiger partial charge on any atom is 0.390 e. The van der Waals surface area contributed by atoms with Gasteiger partial charge in [-0.05, 0) is 7.05 Å². The van der Waals surface area contributed by atoms with E-state index in [1.54, 1.807) is 13.2 Å². The Hall–Kier alpha value is -1.04. The zero-order valence-electron chi connectivity index (χ0n) is 7.97. The van der Waals surface area contributed by atoms with Crippen LogP contribution in [0.2, 0.25) is 0 Å². The second-order valence-corrected chi connectivity index (χ2v) is 3.11. The van der Waals surface area contributed by atoms with Crippen molar-refractivity contribution >= 4 is 0 Å². The molecule has 1 heterocycles. The average molecular weight is 207 g/mol. The summed E-state index contributed by atoms with van der Waals surface area (Å²) in [5.74, 6) is 0. The van der Waals surface area contributed by atoms with E-state index in [4.69, 9.17) is 0 Å². The predicted molar refractivity (Wildman–Crippen MR) is 45.7 cm³/mol. The zero-order chi connectivity index (χ0) is 10.8. The fourth-order valence-corrected chi connectivity index (χ4v) is 1.24. The maximum atomic E-state index is 12.1. The van der Waals surface area contributed by atoms with Crippen LogP contribution in [-0.4, -0.2) is 23.0 Å². The van der Waals surface area contributed by atoms with E-state index in [9.17, 15) is 13.2 Å². The molecule has 1 aromatic rings. The molecule has 0 saturated carbocycles. The van der Waals surface area contributed by atoms with Gasteiger partial charge in [0.25, 0.3) is 0 Å². The van der Waals surface area contributed by atoms with E-state index in [0.717, 1.165) is 0 Å². The summed E-state index contributed by atoms with van der Waals surface area (Å²) < 4.78 is 37.8. The SMILES string of the molecule is CNC(CC(F)(F)F)c1cnn(C)c1. The molecule has 1 aromatic heterocycles. The minimum absolute atomic E-state index is 0.548. The lowest BCUT2D eigenvalue weighted by atomic mass is 10.1. The van der Waals surface area contributed by atoms with Crippen LogP contribution in [0.5, 0.6) is 0 Å². The molecule has 1 rings (SSSR count). The molecule has 80 valence electrons. The second kappa shape index (κ2) is 4.00. The van der Waals surface area contributed by atoms with Crippen molar-refractivity contribution in [1.82, 2.24) is 15.1 Å². The highest BCUT2D eigenvalue weighted by Crippen LogP contribution is 2.28. The number of aromatic nitrogens is 2. The number of aryl methyl sites for hydroxylation is 1. The molecule has 0 amide bonds. The van der Waals surface area contributed by atoms with Crippen molar-refractivity contribution in [1.29, 1.82) is 0 Å². The smallest absolute Gasteiger partial charge is 0.313 e. The molecule has 6 heteroatoms. The first-order chi connectivity index (χ1) is 6.42. The first kappa shape index (κ1) is 11.0. The number of nitrogens with zero attached hydrogens (tertiary/aromatic N) is 2. The summed E-state index contributed by atoms with van der Waals surface area (Å²) in [7, 11) is 3.17. The lowest BCUT2D eigenvalue weighted by Crippen LogP contribution is -2.23. The standard InChI is InChI=1S/C8H12F3N3/c1-12-7(3-8(9,10)11)6-4-13-14(2)5-6/h4-5,7,12H,3H2,1-2H3. The first-order valence-corrected chi connectivity index (χ1v) is 4.15. The van der Waals surface area contributed by atoms with Gasteiger partial charge in [0.1, 0.15) is 0 Å². The number of halogens is 3. The third kappa shape index (κ3) is 3.02. The molecule has 0 radical (unpaired) electrons. The summed E-state index contributed by atoms with van der Waals surface area (Å²) >= 11 is 0. The molecule has 0 saturated heterocycles. The van der Waals surface area contributed by atoms with E-state index >= 15 is 0 Å². The monoisotopic (exact) mass is 207 g/mol. The summed E-state index contributed by atoms with van der Waals surface area (Å²) in [4.78, 5) is 0. The minimum atomic E-state index is -4.16. The maximum absolute atomic E-state index is 12.1. The molecule has 0 aliphatic heterocycles. The topological polar surface area (TPSA) is 29.9 Å². The van der Waals surface area contributed by atoms with Gasteiger partial charge >= 0.3 is 6.18 Å². The Kier molecular flexibility index (Phi) is 3.15. The second-order valence-electron chi connectivity index (χ2n) is 3.11. The van der Waals surface area contributed by atoms with Gasteiger partial charge in [0.15, 0.2) is 0 Å². The van der Waals surface area contributed by atoms with Crippen LogP contribution in [0.4, 0.5) is 13.2 Å². The molecule has 0 aliphatic carbocycles. The van der Waals surface area contributed by atoms with Gasteiger partial charge in [-0.25, -0.2) is 0 Å². The largest absolute Gasteiger partial charge is 0.390 e. The van der Waals surface area contributed by atoms with Crippen LogP contribution in [0.15, 0.2) is 12.4 Å². The third-order valence-corrected chi connectivity index (χ3v) is 1.91. The van der Waals surface area contributed by atoms with Crippen molar-refractivity contribution < 1.29 is 13.2 Å². The van der Waals surface area contributed by atoms with E-state index in [-0.39, 0.29) is 0 Å². The van der Waals surface area contributed by atoms with Gasteiger partial charge in [0.05, 0.1) is 12.6 Å². The summed E-state index contributed by atoms with van der Waals surface area (Å²) in [6, 6.07) is -0.719. The van der Waals surface area contributed by atoms with Crippen molar-refractivity contribution in [3.8, 4) is 0 Å². The van der Waals surface area contributed by atoms with Gasteiger partial charge < -0.3 is 5.32 Å². The van der Waals surface area contributed by atoms with Crippen LogP contribution >= 0.6 is 0 Å². The Morgan fingerprint density at radius 2 is 2.21 bits per heavy atom. The molecule has 0 aromatic carbocycles. The highest BCUT2D eigenvalue weighted by Gasteiger charge is 2.32. The van der Waals surface area contributed by atoms with Gasteiger partial charge in [-0.1, -0.05) is 0 Å². The molecule has 0 spiro atoms. The predicted octanol–water partition coefficient (Wildman–Crippen LogP) is 1.63. The molecule has 1 N–H and O–H groups in total. The van der Waals surface area contributed by atoms with Crippen LogP contribution in [0.25, 0.3) is 0 Å². The molecular weight excluding hydrogens is 195 g/mol. The van der Waals surface area contributed by atoms with E-state index in [0.29, 0.717) is 5.56 Å². The van der Waals surface area contributed by atoms with E-state index in [1.165, 1.54) is 17.9 Å². The number of rotatable bonds is 3. The molecule has 1 unspecified atom stereocenters. The van der Waals surface area contributed by atoms with Crippen molar-refractivity contribution in [2.75, 3.05) is 7.05 Å². The number of nitrogens with one attached hydrogen (secondary N) is 1. The fraction of sp³-hybridized carbons (Fsp3) is 0.625. The summed E-state index contributed by atoms with van der Waals surface area (Å²) in [6.45, 7) is 0. The van der Waals surface area contributed by atoms with Crippen molar-refractivity contribution in [3.05, 3.63) is 18.0 Å². The molecule has 0 aliphatic rings. The van der Waals surface area contributed by atoms with Gasteiger partial charge in [0, 0.05) is 24.8 Å². The highest BCUT2D eigenvalue weighted by molar-refractivity contribution is 5.10. The van der Waals surface area contributed by atoms with Crippen molar-refractivity contribution in [2.45, 2.75) is 18.6 Å². The summed E-state index contributed by atoms with van der Waals surface area (Å²) in [5, 5.41) is 6.44. The molecule has 1 atom stereocenters. The van der Waals surface area contributed by atoms with Gasteiger partial charge in [-0.15, -0.1) is 0 Å². The first-order valence-electron chi connectivity index (χ1n) is 4.15. The molecule has 0 fully saturated rings. The zero-order valence-corrected chi connectivity index (χ0v) is 7.97. The minimum Gasteiger partial charge on any atom is -0.313 e. The van der Waals surface area contributed by atoms with E-state index in [2.05, 4.69) is 10.4 Å². The normalized spacial score (nSPS) is 14.4. The van der Waals surface area contributed by atoms with Gasteiger partial charge in [0.2, 0.25) is 0 Å². The Morgan fingerprint density at radius 3 is 2.57 bits per heavy atom. The van der Waals surface area contributed by atoms with E-state index < -0.39 is 18.6 Å². The number of hydrogen-bond donors (Lipinski definition) is 1. The average Bonchev–Trinajstić information content (AvgIpc) is 2.46. The molecular formula is C8H12F3N3. The number of hydrogen-bond acceptors (Lipinski definition) is 2. The number of alkyl halides is 3.